The van der Waals surface area contributed by atoms with Gasteiger partial charge in [0.15, 0.2) is 0 Å². The Balaban J connectivity index is 1.92. The molecule has 0 aromatic heterocycles. The number of nitrogens with zero attached hydrogens (tertiary/aromatic N) is 2. The van der Waals surface area contributed by atoms with Crippen molar-refractivity contribution in [1.29, 1.82) is 0 Å². The number of hydrogen-bond acceptors (Lipinski definition) is 4. The van der Waals surface area contributed by atoms with E-state index in [0.29, 0.717) is 5.69 Å². The molecule has 0 saturated heterocycles. The molecule has 0 fully saturated rings. The van der Waals surface area contributed by atoms with Crippen molar-refractivity contribution >= 4 is 23.2 Å². The molecule has 1 heterocycles. The third kappa shape index (κ3) is 3.53. The van der Waals surface area contributed by atoms with Crippen molar-refractivity contribution in [2.45, 2.75) is 13.0 Å². The van der Waals surface area contributed by atoms with Crippen LogP contribution in [0.4, 0.5) is 11.4 Å². The molecule has 3 aromatic rings. The van der Waals surface area contributed by atoms with Crippen molar-refractivity contribution < 1.29 is 14.5 Å². The summed E-state index contributed by atoms with van der Waals surface area (Å²) in [5.74, 6) is -0.925. The van der Waals surface area contributed by atoms with Gasteiger partial charge in [-0.2, -0.15) is 0 Å². The summed E-state index contributed by atoms with van der Waals surface area (Å²) in [6.45, 7) is 1.71. The SMILES string of the molecule is Cc1ccc2c(c1)[C@@H](c1ccccc1)N(C(=O)c1ccccc1[N+](=O)[O-])CC(=O)N2. The van der Waals surface area contributed by atoms with Crippen LogP contribution in [-0.4, -0.2) is 28.2 Å². The van der Waals surface area contributed by atoms with Crippen LogP contribution in [0.25, 0.3) is 0 Å². The summed E-state index contributed by atoms with van der Waals surface area (Å²) in [5, 5.41) is 14.3. The molecule has 0 bridgehead atoms. The number of fused-ring (bicyclic) bond motifs is 1. The van der Waals surface area contributed by atoms with Crippen molar-refractivity contribution in [1.82, 2.24) is 4.90 Å². The van der Waals surface area contributed by atoms with Crippen LogP contribution >= 0.6 is 0 Å². The van der Waals surface area contributed by atoms with E-state index in [1.165, 1.54) is 23.1 Å². The standard InChI is InChI=1S/C23H19N3O4/c1-15-11-12-19-18(13-15)22(16-7-3-2-4-8-16)25(14-21(27)24-19)23(28)17-9-5-6-10-20(17)26(29)30/h2-13,22H,14H2,1H3,(H,24,27)/t22-/m1/s1. The molecule has 3 aromatic carbocycles. The number of anilines is 1. The summed E-state index contributed by atoms with van der Waals surface area (Å²) in [4.78, 5) is 38.5. The lowest BCUT2D eigenvalue weighted by Gasteiger charge is -2.30. The highest BCUT2D eigenvalue weighted by Crippen LogP contribution is 2.37. The molecule has 1 aliphatic rings. The molecule has 1 N–H and O–H groups in total. The number of benzene rings is 3. The lowest BCUT2D eigenvalue weighted by atomic mass is 9.94. The Morgan fingerprint density at radius 1 is 1.07 bits per heavy atom. The largest absolute Gasteiger partial charge is 0.324 e. The minimum absolute atomic E-state index is 0.0488. The fraction of sp³-hybridized carbons (Fsp3) is 0.130. The van der Waals surface area contributed by atoms with E-state index in [2.05, 4.69) is 5.32 Å². The number of para-hydroxylation sites is 1. The highest BCUT2D eigenvalue weighted by atomic mass is 16.6. The molecule has 4 rings (SSSR count). The number of aryl methyl sites for hydroxylation is 1. The van der Waals surface area contributed by atoms with Crippen molar-refractivity contribution in [3.63, 3.8) is 0 Å². The van der Waals surface area contributed by atoms with E-state index in [1.54, 1.807) is 6.07 Å². The number of carbonyl (C=O) groups is 2. The molecule has 7 heteroatoms. The van der Waals surface area contributed by atoms with Gasteiger partial charge in [0.05, 0.1) is 11.0 Å². The van der Waals surface area contributed by atoms with Crippen LogP contribution in [-0.2, 0) is 4.79 Å². The number of nitro groups is 1. The van der Waals surface area contributed by atoms with E-state index < -0.39 is 16.9 Å². The molecule has 30 heavy (non-hydrogen) atoms. The van der Waals surface area contributed by atoms with Gasteiger partial charge in [-0.25, -0.2) is 0 Å². The molecule has 0 unspecified atom stereocenters. The fourth-order valence-electron chi connectivity index (χ4n) is 3.78. The maximum Gasteiger partial charge on any atom is 0.282 e. The lowest BCUT2D eigenvalue weighted by Crippen LogP contribution is -2.39. The maximum atomic E-state index is 13.5. The van der Waals surface area contributed by atoms with Crippen molar-refractivity contribution in [3.05, 3.63) is 105 Å². The molecule has 2 amide bonds. The second kappa shape index (κ2) is 7.79. The van der Waals surface area contributed by atoms with Crippen molar-refractivity contribution in [3.8, 4) is 0 Å². The molecular weight excluding hydrogens is 382 g/mol. The van der Waals surface area contributed by atoms with E-state index in [0.717, 1.165) is 16.7 Å². The van der Waals surface area contributed by atoms with Gasteiger partial charge in [0, 0.05) is 17.3 Å². The van der Waals surface area contributed by atoms with E-state index >= 15 is 0 Å². The molecule has 0 radical (unpaired) electrons. The van der Waals surface area contributed by atoms with Crippen LogP contribution in [0.2, 0.25) is 0 Å². The summed E-state index contributed by atoms with van der Waals surface area (Å²) < 4.78 is 0. The first-order chi connectivity index (χ1) is 14.5. The maximum absolute atomic E-state index is 13.5. The quantitative estimate of drug-likeness (QED) is 0.528. The van der Waals surface area contributed by atoms with Gasteiger partial charge in [-0.1, -0.05) is 60.2 Å². The van der Waals surface area contributed by atoms with Gasteiger partial charge in [-0.15, -0.1) is 0 Å². The molecule has 0 saturated carbocycles. The number of amides is 2. The average Bonchev–Trinajstić information content (AvgIpc) is 2.89. The Morgan fingerprint density at radius 3 is 2.50 bits per heavy atom. The summed E-state index contributed by atoms with van der Waals surface area (Å²) in [7, 11) is 0. The molecular formula is C23H19N3O4. The van der Waals surface area contributed by atoms with Crippen LogP contribution in [0.15, 0.2) is 72.8 Å². The van der Waals surface area contributed by atoms with Gasteiger partial charge >= 0.3 is 0 Å². The number of rotatable bonds is 3. The topological polar surface area (TPSA) is 92.6 Å². The van der Waals surface area contributed by atoms with Gasteiger partial charge in [-0.05, 0) is 24.6 Å². The molecule has 0 spiro atoms. The van der Waals surface area contributed by atoms with E-state index in [9.17, 15) is 19.7 Å². The van der Waals surface area contributed by atoms with Crippen LogP contribution in [0.1, 0.15) is 33.1 Å². The number of hydrogen-bond donors (Lipinski definition) is 1. The zero-order valence-corrected chi connectivity index (χ0v) is 16.2. The van der Waals surface area contributed by atoms with Crippen LogP contribution in [0.3, 0.4) is 0 Å². The minimum Gasteiger partial charge on any atom is -0.324 e. The van der Waals surface area contributed by atoms with Gasteiger partial charge in [-0.3, -0.25) is 19.7 Å². The first kappa shape index (κ1) is 19.3. The van der Waals surface area contributed by atoms with Crippen LogP contribution in [0.5, 0.6) is 0 Å². The van der Waals surface area contributed by atoms with Gasteiger partial charge in [0.1, 0.15) is 12.1 Å². The Morgan fingerprint density at radius 2 is 1.77 bits per heavy atom. The Kier molecular flexibility index (Phi) is 5.02. The summed E-state index contributed by atoms with van der Waals surface area (Å²) in [5.41, 5.74) is 2.84. The highest BCUT2D eigenvalue weighted by molar-refractivity contribution is 6.03. The predicted octanol–water partition coefficient (Wildman–Crippen LogP) is 4.09. The van der Waals surface area contributed by atoms with Crippen molar-refractivity contribution in [2.24, 2.45) is 0 Å². The Bertz CT molecular complexity index is 1140. The number of nitro benzene ring substituents is 1. The fourth-order valence-corrected chi connectivity index (χ4v) is 3.78. The third-order valence-electron chi connectivity index (χ3n) is 5.11. The smallest absolute Gasteiger partial charge is 0.282 e. The number of carbonyl (C=O) groups excluding carboxylic acids is 2. The summed E-state index contributed by atoms with van der Waals surface area (Å²) >= 11 is 0. The second-order valence-electron chi connectivity index (χ2n) is 7.16. The van der Waals surface area contributed by atoms with Crippen LogP contribution < -0.4 is 5.32 Å². The molecule has 1 aliphatic heterocycles. The predicted molar refractivity (Wildman–Crippen MR) is 112 cm³/mol. The lowest BCUT2D eigenvalue weighted by molar-refractivity contribution is -0.385. The summed E-state index contributed by atoms with van der Waals surface area (Å²) in [6.07, 6.45) is 0. The van der Waals surface area contributed by atoms with Gasteiger partial charge in [0.2, 0.25) is 5.91 Å². The summed E-state index contributed by atoms with van der Waals surface area (Å²) in [6, 6.07) is 20.2. The monoisotopic (exact) mass is 401 g/mol. The van der Waals surface area contributed by atoms with Gasteiger partial charge < -0.3 is 10.2 Å². The van der Waals surface area contributed by atoms with E-state index in [4.69, 9.17) is 0 Å². The van der Waals surface area contributed by atoms with Gasteiger partial charge in [0.25, 0.3) is 11.6 Å². The Hall–Kier alpha value is -4.00. The first-order valence-electron chi connectivity index (χ1n) is 9.45. The zero-order valence-electron chi connectivity index (χ0n) is 16.2. The van der Waals surface area contributed by atoms with E-state index in [1.807, 2.05) is 55.5 Å². The Labute approximate surface area is 173 Å². The molecule has 1 atom stereocenters. The first-order valence-corrected chi connectivity index (χ1v) is 9.45. The molecule has 150 valence electrons. The highest BCUT2D eigenvalue weighted by Gasteiger charge is 2.36. The zero-order chi connectivity index (χ0) is 21.3. The average molecular weight is 401 g/mol. The number of nitrogens with one attached hydrogen (secondary N) is 1. The third-order valence-corrected chi connectivity index (χ3v) is 5.11. The normalized spacial score (nSPS) is 15.7. The molecule has 0 aliphatic carbocycles. The van der Waals surface area contributed by atoms with E-state index in [-0.39, 0.29) is 23.7 Å². The van der Waals surface area contributed by atoms with Crippen molar-refractivity contribution in [2.75, 3.05) is 11.9 Å². The van der Waals surface area contributed by atoms with Crippen LogP contribution in [0, 0.1) is 17.0 Å². The second-order valence-corrected chi connectivity index (χ2v) is 7.16. The molecule has 7 nitrogen and oxygen atoms in total. The minimum atomic E-state index is -0.583.